The van der Waals surface area contributed by atoms with E-state index in [1.807, 2.05) is 6.07 Å². The molecule has 6 heteroatoms. The first kappa shape index (κ1) is 46.5. The topological polar surface area (TPSA) is 36.9 Å². The molecule has 4 heterocycles. The largest absolute Gasteiger partial charge is 0.458 e. The van der Waals surface area contributed by atoms with Gasteiger partial charge in [-0.3, -0.25) is 0 Å². The number of allylic oxidation sites excluding steroid dienone is 4. The van der Waals surface area contributed by atoms with Gasteiger partial charge in [0.05, 0.1) is 0 Å². The molecule has 79 heavy (non-hydrogen) atoms. The fourth-order valence-electron chi connectivity index (χ4n) is 12.4. The maximum Gasteiger partial charge on any atom is 0.260 e. The van der Waals surface area contributed by atoms with E-state index < -0.39 is 0 Å². The maximum absolute atomic E-state index is 7.31. The summed E-state index contributed by atoms with van der Waals surface area (Å²) in [7, 11) is 0. The second kappa shape index (κ2) is 19.1. The molecule has 0 saturated heterocycles. The van der Waals surface area contributed by atoms with Crippen LogP contribution in [0.25, 0.3) is 72.3 Å². The van der Waals surface area contributed by atoms with Crippen LogP contribution in [0, 0.1) is 0 Å². The molecule has 0 atom stereocenters. The Morgan fingerprint density at radius 2 is 0.873 bits per heavy atom. The molecule has 0 saturated carbocycles. The van der Waals surface area contributed by atoms with Crippen LogP contribution in [0.5, 0.6) is 46.0 Å². The Hall–Kier alpha value is -9.77. The lowest BCUT2D eigenvalue weighted by atomic mass is 9.34. The Kier molecular flexibility index (Phi) is 11.2. The van der Waals surface area contributed by atoms with Crippen molar-refractivity contribution in [1.82, 2.24) is 0 Å². The lowest BCUT2D eigenvalue weighted by Gasteiger charge is -2.35. The third-order valence-corrected chi connectivity index (χ3v) is 16.2. The predicted octanol–water partition coefficient (Wildman–Crippen LogP) is 15.5. The number of rotatable bonds is 9. The van der Waals surface area contributed by atoms with Crippen molar-refractivity contribution in [3.8, 4) is 113 Å². The number of para-hydroxylation sites is 2. The second-order valence-electron chi connectivity index (χ2n) is 20.8. The first-order valence-corrected chi connectivity index (χ1v) is 27.4. The van der Waals surface area contributed by atoms with Crippen molar-refractivity contribution in [3.05, 3.63) is 260 Å². The normalized spacial score (nSPS) is 13.1. The Labute approximate surface area is 461 Å². The summed E-state index contributed by atoms with van der Waals surface area (Å²) in [5, 5.41) is 0. The van der Waals surface area contributed by atoms with Gasteiger partial charge in [0.25, 0.3) is 13.4 Å². The minimum absolute atomic E-state index is 0.0848. The Morgan fingerprint density at radius 1 is 0.342 bits per heavy atom. The molecule has 0 bridgehead atoms. The first-order chi connectivity index (χ1) is 39.1. The van der Waals surface area contributed by atoms with E-state index in [1.165, 1.54) is 0 Å². The van der Waals surface area contributed by atoms with E-state index in [0.717, 1.165) is 163 Å². The van der Waals surface area contributed by atoms with Gasteiger partial charge >= 0.3 is 0 Å². The van der Waals surface area contributed by atoms with Crippen LogP contribution in [-0.4, -0.2) is 13.4 Å². The van der Waals surface area contributed by atoms with Crippen LogP contribution in [-0.2, 0) is 0 Å². The Morgan fingerprint density at radius 3 is 1.59 bits per heavy atom. The zero-order chi connectivity index (χ0) is 52.6. The molecule has 15 rings (SSSR count). The van der Waals surface area contributed by atoms with Gasteiger partial charge in [-0.25, -0.2) is 0 Å². The van der Waals surface area contributed by atoms with Gasteiger partial charge in [0, 0.05) is 27.6 Å². The van der Waals surface area contributed by atoms with E-state index in [0.29, 0.717) is 0 Å². The second-order valence-corrected chi connectivity index (χ2v) is 20.8. The van der Waals surface area contributed by atoms with Crippen molar-refractivity contribution in [1.29, 1.82) is 0 Å². The highest BCUT2D eigenvalue weighted by Gasteiger charge is 2.44. The fraction of sp³-hybridized carbons (Fsp3) is 0.0411. The van der Waals surface area contributed by atoms with Crippen LogP contribution in [0.2, 0.25) is 0 Å². The molecule has 4 aliphatic rings. The molecular formula is C73H50B2O4. The van der Waals surface area contributed by atoms with Gasteiger partial charge in [-0.1, -0.05) is 219 Å². The molecule has 4 aliphatic heterocycles. The summed E-state index contributed by atoms with van der Waals surface area (Å²) < 4.78 is 28.1. The van der Waals surface area contributed by atoms with Gasteiger partial charge in [0.1, 0.15) is 46.0 Å². The SMILES string of the molecule is C/C=C(\C=C/CC)c1cccc2c1Oc1ccc(-c3cccc(-c4ccc(-c5ccc6c(c5)B5c7ccc(-c8ccccc8)cc7Oc7cc(-c8ccccc8)cc(c75)O6)cc4)c3)c3c1B2c1cccc(-c2ccccc2)c1O3. The Balaban J connectivity index is 0.792. The quantitative estimate of drug-likeness (QED) is 0.107. The molecule has 0 aliphatic carbocycles. The van der Waals surface area contributed by atoms with E-state index in [2.05, 4.69) is 263 Å². The van der Waals surface area contributed by atoms with E-state index >= 15 is 0 Å². The van der Waals surface area contributed by atoms with Crippen molar-refractivity contribution in [2.45, 2.75) is 20.3 Å². The highest BCUT2D eigenvalue weighted by atomic mass is 16.5. The number of hydrogen-bond donors (Lipinski definition) is 0. The average molecular weight is 1010 g/mol. The summed E-state index contributed by atoms with van der Waals surface area (Å²) in [6.45, 7) is 4.07. The molecule has 0 fully saturated rings. The van der Waals surface area contributed by atoms with Crippen molar-refractivity contribution >= 4 is 51.8 Å². The standard InChI is InChI=1S/C73H50B2O4/c1-3-5-18-46(4-2)57-27-16-29-61-71(57)78-65-40-37-59(73-70(65)75(61)62-30-17-28-58(72(62)79-73)51-23-13-8-14-24-51)55-26-15-25-52(41-55)49-31-33-50(34-32-49)53-36-39-64-63(42-53)74-60-38-35-54(47-19-9-6-10-20-47)43-66(60)77-68-45-56(44-67(76-64)69(68)74)48-21-11-7-12-22-48/h4-45H,3H2,1-2H3/b18-5-,46-4+. The maximum atomic E-state index is 7.31. The molecule has 11 aromatic rings. The summed E-state index contributed by atoms with van der Waals surface area (Å²) in [5.74, 6) is 6.76. The number of hydrogen-bond acceptors (Lipinski definition) is 4. The molecule has 0 unspecified atom stereocenters. The van der Waals surface area contributed by atoms with Crippen molar-refractivity contribution in [2.75, 3.05) is 0 Å². The van der Waals surface area contributed by atoms with Gasteiger partial charge < -0.3 is 18.9 Å². The zero-order valence-electron chi connectivity index (χ0n) is 43.7. The number of ether oxygens (including phenoxy) is 4. The van der Waals surface area contributed by atoms with Crippen LogP contribution in [0.15, 0.2) is 255 Å². The lowest BCUT2D eigenvalue weighted by Crippen LogP contribution is -2.57. The molecule has 0 amide bonds. The first-order valence-electron chi connectivity index (χ1n) is 27.4. The highest BCUT2D eigenvalue weighted by molar-refractivity contribution is 6.99. The molecule has 4 nitrogen and oxygen atoms in total. The summed E-state index contributed by atoms with van der Waals surface area (Å²) in [6, 6.07) is 84.4. The predicted molar refractivity (Wildman–Crippen MR) is 328 cm³/mol. The highest BCUT2D eigenvalue weighted by Crippen LogP contribution is 2.46. The van der Waals surface area contributed by atoms with Crippen LogP contribution < -0.4 is 51.7 Å². The molecule has 0 radical (unpaired) electrons. The van der Waals surface area contributed by atoms with Crippen molar-refractivity contribution in [3.63, 3.8) is 0 Å². The molecule has 372 valence electrons. The van der Waals surface area contributed by atoms with Crippen LogP contribution >= 0.6 is 0 Å². The Bertz CT molecular complexity index is 4300. The lowest BCUT2D eigenvalue weighted by molar-refractivity contribution is 0.465. The van der Waals surface area contributed by atoms with E-state index in [-0.39, 0.29) is 13.4 Å². The third kappa shape index (κ3) is 7.85. The number of fused-ring (bicyclic) bond motifs is 8. The van der Waals surface area contributed by atoms with Crippen LogP contribution in [0.3, 0.4) is 0 Å². The zero-order valence-corrected chi connectivity index (χ0v) is 43.7. The molecular weight excluding hydrogens is 962 g/mol. The number of benzene rings is 11. The minimum atomic E-state index is -0.113. The fourth-order valence-corrected chi connectivity index (χ4v) is 12.4. The van der Waals surface area contributed by atoms with Crippen molar-refractivity contribution < 1.29 is 18.9 Å². The van der Waals surface area contributed by atoms with Gasteiger partial charge in [-0.15, -0.1) is 0 Å². The molecule has 0 N–H and O–H groups in total. The van der Waals surface area contributed by atoms with E-state index in [9.17, 15) is 0 Å². The van der Waals surface area contributed by atoms with Crippen LogP contribution in [0.4, 0.5) is 0 Å². The monoisotopic (exact) mass is 1010 g/mol. The minimum Gasteiger partial charge on any atom is -0.458 e. The molecule has 11 aromatic carbocycles. The summed E-state index contributed by atoms with van der Waals surface area (Å²) >= 11 is 0. The summed E-state index contributed by atoms with van der Waals surface area (Å²) in [6.07, 6.45) is 7.54. The van der Waals surface area contributed by atoms with Gasteiger partial charge in [-0.05, 0) is 139 Å². The summed E-state index contributed by atoms with van der Waals surface area (Å²) in [5.41, 5.74) is 22.0. The van der Waals surface area contributed by atoms with Gasteiger partial charge in [-0.2, -0.15) is 0 Å². The molecule has 0 spiro atoms. The van der Waals surface area contributed by atoms with E-state index in [4.69, 9.17) is 18.9 Å². The van der Waals surface area contributed by atoms with Gasteiger partial charge in [0.2, 0.25) is 0 Å². The van der Waals surface area contributed by atoms with E-state index in [1.54, 1.807) is 0 Å². The van der Waals surface area contributed by atoms with Crippen LogP contribution in [0.1, 0.15) is 25.8 Å². The third-order valence-electron chi connectivity index (χ3n) is 16.2. The molecule has 0 aromatic heterocycles. The smallest absolute Gasteiger partial charge is 0.260 e. The van der Waals surface area contributed by atoms with Crippen molar-refractivity contribution in [2.24, 2.45) is 0 Å². The average Bonchev–Trinajstić information content (AvgIpc) is 3.31. The summed E-state index contributed by atoms with van der Waals surface area (Å²) in [4.78, 5) is 0. The van der Waals surface area contributed by atoms with Gasteiger partial charge in [0.15, 0.2) is 0 Å².